The van der Waals surface area contributed by atoms with E-state index in [-0.39, 0.29) is 18.3 Å². The van der Waals surface area contributed by atoms with E-state index in [4.69, 9.17) is 9.84 Å². The number of carboxylic acids is 1. The molecule has 0 spiro atoms. The third-order valence-electron chi connectivity index (χ3n) is 4.08. The molecule has 0 atom stereocenters. The van der Waals surface area contributed by atoms with Gasteiger partial charge in [-0.2, -0.15) is 0 Å². The van der Waals surface area contributed by atoms with Crippen LogP contribution in [-0.2, 0) is 17.8 Å². The minimum Gasteiger partial charge on any atom is -0.488 e. The van der Waals surface area contributed by atoms with Crippen LogP contribution in [-0.4, -0.2) is 11.1 Å². The molecule has 0 amide bonds. The molecule has 134 valence electrons. The third-order valence-corrected chi connectivity index (χ3v) is 4.57. The Hall–Kier alpha value is -1.81. The predicted octanol–water partition coefficient (Wildman–Crippen LogP) is 5.90. The minimum atomic E-state index is -0.813. The van der Waals surface area contributed by atoms with E-state index in [1.807, 2.05) is 36.4 Å². The summed E-state index contributed by atoms with van der Waals surface area (Å²) in [5.41, 5.74) is 4.05. The number of hydrogen-bond donors (Lipinski definition) is 1. The van der Waals surface area contributed by atoms with Crippen LogP contribution in [0.5, 0.6) is 5.75 Å². The van der Waals surface area contributed by atoms with Gasteiger partial charge in [-0.15, -0.1) is 0 Å². The number of rotatable bonds is 7. The summed E-state index contributed by atoms with van der Waals surface area (Å²) in [5, 5.41) is 9.14. The van der Waals surface area contributed by atoms with E-state index < -0.39 is 5.97 Å². The van der Waals surface area contributed by atoms with Gasteiger partial charge in [0, 0.05) is 4.47 Å². The fraction of sp³-hybridized carbons (Fsp3) is 0.381. The Morgan fingerprint density at radius 1 is 1.04 bits per heavy atom. The number of aliphatic carboxylic acids is 1. The zero-order valence-electron chi connectivity index (χ0n) is 15.2. The number of carbonyl (C=O) groups is 1. The second-order valence-corrected chi connectivity index (χ2v) is 7.82. The van der Waals surface area contributed by atoms with Crippen LogP contribution in [0.3, 0.4) is 0 Å². The molecule has 0 saturated carbocycles. The van der Waals surface area contributed by atoms with Gasteiger partial charge in [0.2, 0.25) is 0 Å². The van der Waals surface area contributed by atoms with Gasteiger partial charge in [-0.3, -0.25) is 4.79 Å². The maximum Gasteiger partial charge on any atom is 0.307 e. The normalized spacial score (nSPS) is 11.2. The molecule has 2 aromatic carbocycles. The number of ether oxygens (including phenoxy) is 1. The van der Waals surface area contributed by atoms with Crippen LogP contribution in [0, 0.1) is 0 Å². The summed E-state index contributed by atoms with van der Waals surface area (Å²) in [7, 11) is 0. The Morgan fingerprint density at radius 3 is 2.12 bits per heavy atom. The first-order chi connectivity index (χ1) is 11.8. The van der Waals surface area contributed by atoms with Crippen LogP contribution in [0.2, 0.25) is 0 Å². The predicted molar refractivity (Wildman–Crippen MR) is 104 cm³/mol. The van der Waals surface area contributed by atoms with Crippen molar-refractivity contribution in [2.24, 2.45) is 0 Å². The fourth-order valence-corrected chi connectivity index (χ4v) is 3.27. The van der Waals surface area contributed by atoms with Gasteiger partial charge in [-0.25, -0.2) is 0 Å². The molecule has 25 heavy (non-hydrogen) atoms. The molecule has 0 radical (unpaired) electrons. The molecular weight excluding hydrogens is 380 g/mol. The van der Waals surface area contributed by atoms with Crippen molar-refractivity contribution >= 4 is 21.9 Å². The molecule has 0 saturated heterocycles. The first-order valence-electron chi connectivity index (χ1n) is 8.53. The quantitative estimate of drug-likeness (QED) is 0.624. The van der Waals surface area contributed by atoms with E-state index in [1.54, 1.807) is 0 Å². The number of benzene rings is 2. The van der Waals surface area contributed by atoms with Crippen molar-refractivity contribution in [3.05, 3.63) is 63.1 Å². The number of hydrogen-bond acceptors (Lipinski definition) is 2. The highest BCUT2D eigenvalue weighted by Gasteiger charge is 2.18. The van der Waals surface area contributed by atoms with E-state index in [1.165, 1.54) is 0 Å². The van der Waals surface area contributed by atoms with E-state index in [0.717, 1.165) is 32.5 Å². The summed E-state index contributed by atoms with van der Waals surface area (Å²) in [6.07, 6.45) is 0.0331. The smallest absolute Gasteiger partial charge is 0.307 e. The topological polar surface area (TPSA) is 46.5 Å². The lowest BCUT2D eigenvalue weighted by Crippen LogP contribution is -2.08. The molecule has 0 aliphatic rings. The Labute approximate surface area is 158 Å². The first-order valence-corrected chi connectivity index (χ1v) is 9.33. The second kappa shape index (κ2) is 8.52. The second-order valence-electron chi connectivity index (χ2n) is 6.90. The molecular formula is C21H25BrO3. The summed E-state index contributed by atoms with van der Waals surface area (Å²) in [4.78, 5) is 11.1. The van der Waals surface area contributed by atoms with Crippen LogP contribution in [0.15, 0.2) is 40.9 Å². The van der Waals surface area contributed by atoms with E-state index in [9.17, 15) is 4.79 Å². The average Bonchev–Trinajstić information content (AvgIpc) is 2.52. The molecule has 2 aromatic rings. The lowest BCUT2D eigenvalue weighted by Gasteiger charge is -2.22. The van der Waals surface area contributed by atoms with Gasteiger partial charge >= 0.3 is 5.97 Å². The lowest BCUT2D eigenvalue weighted by atomic mass is 9.90. The van der Waals surface area contributed by atoms with Crippen molar-refractivity contribution in [3.63, 3.8) is 0 Å². The van der Waals surface area contributed by atoms with Crippen LogP contribution in [0.1, 0.15) is 61.8 Å². The summed E-state index contributed by atoms with van der Waals surface area (Å²) < 4.78 is 7.25. The Balaban J connectivity index is 2.41. The van der Waals surface area contributed by atoms with Crippen LogP contribution >= 0.6 is 15.9 Å². The summed E-state index contributed by atoms with van der Waals surface area (Å²) in [6.45, 7) is 8.91. The molecule has 0 aliphatic heterocycles. The molecule has 0 unspecified atom stereocenters. The lowest BCUT2D eigenvalue weighted by molar-refractivity contribution is -0.136. The van der Waals surface area contributed by atoms with Gasteiger partial charge in [-0.05, 0) is 46.2 Å². The zero-order valence-corrected chi connectivity index (χ0v) is 16.8. The van der Waals surface area contributed by atoms with Gasteiger partial charge in [0.05, 0.1) is 6.42 Å². The SMILES string of the molecule is CC(C)c1cc(CC(=O)O)cc(C(C)C)c1OCc1cccc(Br)c1. The maximum absolute atomic E-state index is 11.1. The highest BCUT2D eigenvalue weighted by atomic mass is 79.9. The molecule has 4 heteroatoms. The average molecular weight is 405 g/mol. The molecule has 0 fully saturated rings. The molecule has 0 heterocycles. The number of halogens is 1. The van der Waals surface area contributed by atoms with Crippen molar-refractivity contribution in [1.82, 2.24) is 0 Å². The Morgan fingerprint density at radius 2 is 1.64 bits per heavy atom. The van der Waals surface area contributed by atoms with Gasteiger partial charge in [0.15, 0.2) is 0 Å². The highest BCUT2D eigenvalue weighted by molar-refractivity contribution is 9.10. The first kappa shape index (κ1) is 19.5. The summed E-state index contributed by atoms with van der Waals surface area (Å²) in [5.74, 6) is 0.582. The minimum absolute atomic E-state index is 0.0331. The molecule has 3 nitrogen and oxygen atoms in total. The largest absolute Gasteiger partial charge is 0.488 e. The maximum atomic E-state index is 11.1. The standard InChI is InChI=1S/C21H25BrO3/c1-13(2)18-9-16(11-20(23)24)10-19(14(3)4)21(18)25-12-15-6-5-7-17(22)8-15/h5-10,13-14H,11-12H2,1-4H3,(H,23,24). The van der Waals surface area contributed by atoms with Crippen LogP contribution in [0.4, 0.5) is 0 Å². The van der Waals surface area contributed by atoms with Crippen molar-refractivity contribution in [3.8, 4) is 5.75 Å². The van der Waals surface area contributed by atoms with Gasteiger partial charge < -0.3 is 9.84 Å². The van der Waals surface area contributed by atoms with Gasteiger partial charge in [-0.1, -0.05) is 67.9 Å². The molecule has 0 aliphatic carbocycles. The Kier molecular flexibility index (Phi) is 6.65. The Bertz CT molecular complexity index is 722. The number of carboxylic acid groups (broad SMARTS) is 1. The highest BCUT2D eigenvalue weighted by Crippen LogP contribution is 2.36. The molecule has 0 aromatic heterocycles. The summed E-state index contributed by atoms with van der Waals surface area (Å²) >= 11 is 3.49. The van der Waals surface area contributed by atoms with Crippen molar-refractivity contribution in [1.29, 1.82) is 0 Å². The van der Waals surface area contributed by atoms with Crippen LogP contribution in [0.25, 0.3) is 0 Å². The van der Waals surface area contributed by atoms with E-state index in [0.29, 0.717) is 6.61 Å². The van der Waals surface area contributed by atoms with E-state index in [2.05, 4.69) is 43.6 Å². The fourth-order valence-electron chi connectivity index (χ4n) is 2.82. The van der Waals surface area contributed by atoms with Crippen molar-refractivity contribution < 1.29 is 14.6 Å². The third kappa shape index (κ3) is 5.33. The van der Waals surface area contributed by atoms with Gasteiger partial charge in [0.1, 0.15) is 12.4 Å². The molecule has 1 N–H and O–H groups in total. The van der Waals surface area contributed by atoms with E-state index >= 15 is 0 Å². The van der Waals surface area contributed by atoms with Gasteiger partial charge in [0.25, 0.3) is 0 Å². The van der Waals surface area contributed by atoms with Crippen LogP contribution < -0.4 is 4.74 Å². The monoisotopic (exact) mass is 404 g/mol. The molecule has 2 rings (SSSR count). The van der Waals surface area contributed by atoms with Crippen molar-refractivity contribution in [2.45, 2.75) is 52.6 Å². The summed E-state index contributed by atoms with van der Waals surface area (Å²) in [6, 6.07) is 12.0. The zero-order chi connectivity index (χ0) is 18.6. The van der Waals surface area contributed by atoms with Crippen molar-refractivity contribution in [2.75, 3.05) is 0 Å². The molecule has 0 bridgehead atoms.